The van der Waals surface area contributed by atoms with Crippen molar-refractivity contribution in [1.29, 1.82) is 0 Å². The lowest BCUT2D eigenvalue weighted by atomic mass is 10.2. The maximum Gasteiger partial charge on any atom is 0.419 e. The molecular weight excluding hydrogens is 325 g/mol. The molecule has 9 heteroatoms. The smallest absolute Gasteiger partial charge is 0.419 e. The Bertz CT molecular complexity index is 584. The Kier molecular flexibility index (Phi) is 4.91. The predicted molar refractivity (Wildman–Crippen MR) is 81.6 cm³/mol. The van der Waals surface area contributed by atoms with E-state index in [1.165, 1.54) is 0 Å². The molecule has 0 unspecified atom stereocenters. The standard InChI is InChI=1S/C15H21F3N4O2/c1-10-9-21(5-6-22(10)13(23)24-14(2,3)4)12-19-7-11(8-20-12)15(16,17)18/h7-8,10H,5-6,9H2,1-4H3/t10-/m1/s1. The number of aromatic nitrogens is 2. The van der Waals surface area contributed by atoms with E-state index in [1.807, 2.05) is 6.92 Å². The SMILES string of the molecule is C[C@@H]1CN(c2ncc(C(F)(F)F)cn2)CCN1C(=O)OC(C)(C)C. The van der Waals surface area contributed by atoms with Crippen LogP contribution >= 0.6 is 0 Å². The van der Waals surface area contributed by atoms with Crippen LogP contribution in [0.5, 0.6) is 0 Å². The number of carbonyl (C=O) groups excluding carboxylic acids is 1. The van der Waals surface area contributed by atoms with Gasteiger partial charge in [-0.2, -0.15) is 13.2 Å². The Labute approximate surface area is 138 Å². The summed E-state index contributed by atoms with van der Waals surface area (Å²) in [4.78, 5) is 23.1. The van der Waals surface area contributed by atoms with Crippen molar-refractivity contribution >= 4 is 12.0 Å². The fourth-order valence-corrected chi connectivity index (χ4v) is 2.36. The lowest BCUT2D eigenvalue weighted by Gasteiger charge is -2.40. The van der Waals surface area contributed by atoms with Gasteiger partial charge in [0.25, 0.3) is 0 Å². The average molecular weight is 346 g/mol. The van der Waals surface area contributed by atoms with E-state index in [2.05, 4.69) is 9.97 Å². The Hall–Kier alpha value is -2.06. The first kappa shape index (κ1) is 18.3. The van der Waals surface area contributed by atoms with Gasteiger partial charge in [0.1, 0.15) is 5.60 Å². The second-order valence-corrected chi connectivity index (χ2v) is 6.74. The van der Waals surface area contributed by atoms with Crippen molar-refractivity contribution in [1.82, 2.24) is 14.9 Å². The summed E-state index contributed by atoms with van der Waals surface area (Å²) in [7, 11) is 0. The molecule has 0 aromatic carbocycles. The zero-order chi connectivity index (χ0) is 18.1. The largest absolute Gasteiger partial charge is 0.444 e. The Morgan fingerprint density at radius 3 is 2.25 bits per heavy atom. The highest BCUT2D eigenvalue weighted by molar-refractivity contribution is 5.69. The Balaban J connectivity index is 2.01. The van der Waals surface area contributed by atoms with E-state index in [9.17, 15) is 18.0 Å². The van der Waals surface area contributed by atoms with Crippen LogP contribution in [0.15, 0.2) is 12.4 Å². The third-order valence-electron chi connectivity index (χ3n) is 3.50. The summed E-state index contributed by atoms with van der Waals surface area (Å²) >= 11 is 0. The number of rotatable bonds is 1. The highest BCUT2D eigenvalue weighted by Crippen LogP contribution is 2.28. The number of amides is 1. The maximum absolute atomic E-state index is 12.5. The minimum absolute atomic E-state index is 0.167. The fourth-order valence-electron chi connectivity index (χ4n) is 2.36. The van der Waals surface area contributed by atoms with Gasteiger partial charge in [0.2, 0.25) is 5.95 Å². The summed E-state index contributed by atoms with van der Waals surface area (Å²) in [5, 5.41) is 0. The number of ether oxygens (including phenoxy) is 1. The van der Waals surface area contributed by atoms with E-state index in [0.717, 1.165) is 12.4 Å². The third kappa shape index (κ3) is 4.48. The molecule has 2 rings (SSSR count). The van der Waals surface area contributed by atoms with Gasteiger partial charge in [0, 0.05) is 38.1 Å². The molecule has 0 radical (unpaired) electrons. The third-order valence-corrected chi connectivity index (χ3v) is 3.50. The average Bonchev–Trinajstić information content (AvgIpc) is 2.44. The summed E-state index contributed by atoms with van der Waals surface area (Å²) in [5.41, 5.74) is -1.46. The number of halogens is 3. The van der Waals surface area contributed by atoms with Gasteiger partial charge in [-0.15, -0.1) is 0 Å². The molecule has 1 fully saturated rings. The molecule has 1 aliphatic heterocycles. The van der Waals surface area contributed by atoms with Crippen LogP contribution in [0.3, 0.4) is 0 Å². The molecule has 0 saturated carbocycles. The number of anilines is 1. The molecule has 24 heavy (non-hydrogen) atoms. The summed E-state index contributed by atoms with van der Waals surface area (Å²) in [6.07, 6.45) is -3.31. The van der Waals surface area contributed by atoms with Gasteiger partial charge in [0.05, 0.1) is 5.56 Å². The number of piperazine rings is 1. The van der Waals surface area contributed by atoms with Gasteiger partial charge in [0.15, 0.2) is 0 Å². The molecule has 2 heterocycles. The van der Waals surface area contributed by atoms with Crippen LogP contribution in [-0.2, 0) is 10.9 Å². The summed E-state index contributed by atoms with van der Waals surface area (Å²) in [6, 6.07) is -0.167. The van der Waals surface area contributed by atoms with Crippen LogP contribution in [0.2, 0.25) is 0 Å². The van der Waals surface area contributed by atoms with Crippen LogP contribution in [0.4, 0.5) is 23.9 Å². The summed E-state index contributed by atoms with van der Waals surface area (Å²) in [5.74, 6) is 0.221. The van der Waals surface area contributed by atoms with Gasteiger partial charge in [-0.3, -0.25) is 0 Å². The zero-order valence-corrected chi connectivity index (χ0v) is 14.1. The van der Waals surface area contributed by atoms with Crippen molar-refractivity contribution < 1.29 is 22.7 Å². The van der Waals surface area contributed by atoms with Crippen molar-refractivity contribution in [2.45, 2.75) is 45.5 Å². The maximum atomic E-state index is 12.5. The Morgan fingerprint density at radius 2 is 1.79 bits per heavy atom. The molecule has 1 atom stereocenters. The quantitative estimate of drug-likeness (QED) is 0.782. The molecule has 1 amide bonds. The lowest BCUT2D eigenvalue weighted by molar-refractivity contribution is -0.138. The monoisotopic (exact) mass is 346 g/mol. The van der Waals surface area contributed by atoms with E-state index in [4.69, 9.17) is 4.74 Å². The molecule has 0 spiro atoms. The van der Waals surface area contributed by atoms with Gasteiger partial charge < -0.3 is 14.5 Å². The number of hydrogen-bond donors (Lipinski definition) is 0. The van der Waals surface area contributed by atoms with E-state index in [0.29, 0.717) is 19.6 Å². The predicted octanol–water partition coefficient (Wildman–Crippen LogP) is 2.94. The van der Waals surface area contributed by atoms with Gasteiger partial charge >= 0.3 is 12.3 Å². The first-order valence-electron chi connectivity index (χ1n) is 7.61. The summed E-state index contributed by atoms with van der Waals surface area (Å²) < 4.78 is 43.0. The van der Waals surface area contributed by atoms with Crippen molar-refractivity contribution in [3.8, 4) is 0 Å². The van der Waals surface area contributed by atoms with Gasteiger partial charge in [-0.25, -0.2) is 14.8 Å². The Morgan fingerprint density at radius 1 is 1.21 bits per heavy atom. The van der Waals surface area contributed by atoms with E-state index >= 15 is 0 Å². The molecule has 6 nitrogen and oxygen atoms in total. The van der Waals surface area contributed by atoms with Crippen molar-refractivity contribution in [2.24, 2.45) is 0 Å². The molecule has 1 saturated heterocycles. The number of carbonyl (C=O) groups is 1. The molecule has 1 aliphatic rings. The molecule has 1 aromatic rings. The fraction of sp³-hybridized carbons (Fsp3) is 0.667. The van der Waals surface area contributed by atoms with Crippen molar-refractivity contribution in [2.75, 3.05) is 24.5 Å². The molecule has 134 valence electrons. The normalized spacial score (nSPS) is 19.4. The van der Waals surface area contributed by atoms with Crippen molar-refractivity contribution in [3.63, 3.8) is 0 Å². The molecule has 0 aliphatic carbocycles. The minimum Gasteiger partial charge on any atom is -0.444 e. The second kappa shape index (κ2) is 6.45. The van der Waals surface area contributed by atoms with E-state index < -0.39 is 23.4 Å². The first-order valence-corrected chi connectivity index (χ1v) is 7.61. The van der Waals surface area contributed by atoms with E-state index in [-0.39, 0.29) is 12.0 Å². The highest BCUT2D eigenvalue weighted by Gasteiger charge is 2.33. The minimum atomic E-state index is -4.46. The topological polar surface area (TPSA) is 58.6 Å². The zero-order valence-electron chi connectivity index (χ0n) is 14.1. The van der Waals surface area contributed by atoms with Crippen molar-refractivity contribution in [3.05, 3.63) is 18.0 Å². The molecule has 1 aromatic heterocycles. The van der Waals surface area contributed by atoms with Crippen LogP contribution < -0.4 is 4.90 Å². The number of alkyl halides is 3. The van der Waals surface area contributed by atoms with Gasteiger partial charge in [-0.05, 0) is 27.7 Å². The van der Waals surface area contributed by atoms with Crippen LogP contribution in [-0.4, -0.2) is 52.2 Å². The number of nitrogens with zero attached hydrogens (tertiary/aromatic N) is 4. The molecular formula is C15H21F3N4O2. The first-order chi connectivity index (χ1) is 11.0. The van der Waals surface area contributed by atoms with Crippen LogP contribution in [0.1, 0.15) is 33.3 Å². The second-order valence-electron chi connectivity index (χ2n) is 6.74. The highest BCUT2D eigenvalue weighted by atomic mass is 19.4. The van der Waals surface area contributed by atoms with Crippen LogP contribution in [0, 0.1) is 0 Å². The molecule has 0 bridgehead atoms. The summed E-state index contributed by atoms with van der Waals surface area (Å²) in [6.45, 7) is 8.46. The van der Waals surface area contributed by atoms with Crippen LogP contribution in [0.25, 0.3) is 0 Å². The van der Waals surface area contributed by atoms with Gasteiger partial charge in [-0.1, -0.05) is 0 Å². The lowest BCUT2D eigenvalue weighted by Crippen LogP contribution is -2.55. The van der Waals surface area contributed by atoms with E-state index in [1.54, 1.807) is 30.6 Å². The molecule has 0 N–H and O–H groups in total. The number of hydrogen-bond acceptors (Lipinski definition) is 5.